The average molecular weight is 269 g/mol. The van der Waals surface area contributed by atoms with Crippen molar-refractivity contribution in [2.45, 2.75) is 37.5 Å². The van der Waals surface area contributed by atoms with Crippen LogP contribution in [0.1, 0.15) is 38.2 Å². The first-order chi connectivity index (χ1) is 8.38. The molecule has 4 nitrogen and oxygen atoms in total. The molecule has 2 rings (SSSR count). The van der Waals surface area contributed by atoms with Gasteiger partial charge in [-0.3, -0.25) is 0 Å². The van der Waals surface area contributed by atoms with Crippen molar-refractivity contribution in [3.63, 3.8) is 0 Å². The van der Waals surface area contributed by atoms with Gasteiger partial charge in [0.2, 0.25) is 10.0 Å². The number of rotatable bonds is 5. The lowest BCUT2D eigenvalue weighted by Crippen LogP contribution is -2.13. The van der Waals surface area contributed by atoms with Crippen molar-refractivity contribution in [1.82, 2.24) is 0 Å². The Hall–Kier alpha value is -1.07. The minimum absolute atomic E-state index is 0.143. The van der Waals surface area contributed by atoms with E-state index in [1.165, 1.54) is 18.9 Å². The highest BCUT2D eigenvalue weighted by atomic mass is 32.2. The van der Waals surface area contributed by atoms with E-state index in [2.05, 4.69) is 0 Å². The number of hydrogen-bond donors (Lipinski definition) is 1. The zero-order chi connectivity index (χ0) is 13.3. The molecule has 0 aliphatic heterocycles. The molecule has 1 fully saturated rings. The molecule has 1 aliphatic carbocycles. The van der Waals surface area contributed by atoms with Gasteiger partial charge in [0.15, 0.2) is 0 Å². The van der Waals surface area contributed by atoms with Gasteiger partial charge < -0.3 is 4.74 Å². The van der Waals surface area contributed by atoms with E-state index >= 15 is 0 Å². The van der Waals surface area contributed by atoms with Crippen molar-refractivity contribution in [2.75, 3.05) is 6.61 Å². The van der Waals surface area contributed by atoms with E-state index in [0.717, 1.165) is 11.3 Å². The van der Waals surface area contributed by atoms with Gasteiger partial charge in [0.25, 0.3) is 0 Å². The van der Waals surface area contributed by atoms with Gasteiger partial charge in [0.1, 0.15) is 5.75 Å². The third kappa shape index (κ3) is 3.23. The molecule has 1 aromatic carbocycles. The van der Waals surface area contributed by atoms with Crippen molar-refractivity contribution >= 4 is 10.0 Å². The van der Waals surface area contributed by atoms with E-state index < -0.39 is 10.0 Å². The van der Waals surface area contributed by atoms with Gasteiger partial charge in [0, 0.05) is 0 Å². The highest BCUT2D eigenvalue weighted by molar-refractivity contribution is 7.89. The normalized spacial score (nSPS) is 16.0. The molecule has 0 aromatic heterocycles. The summed E-state index contributed by atoms with van der Waals surface area (Å²) in [4.78, 5) is 0.143. The Labute approximate surface area is 108 Å². The molecule has 0 unspecified atom stereocenters. The van der Waals surface area contributed by atoms with E-state index in [1.807, 2.05) is 13.8 Å². The fourth-order valence-electron chi connectivity index (χ4n) is 1.78. The summed E-state index contributed by atoms with van der Waals surface area (Å²) in [7, 11) is -3.65. The Morgan fingerprint density at radius 3 is 2.56 bits per heavy atom. The predicted molar refractivity (Wildman–Crippen MR) is 70.1 cm³/mol. The summed E-state index contributed by atoms with van der Waals surface area (Å²) in [6.45, 7) is 4.73. The molecule has 0 saturated heterocycles. The maximum atomic E-state index is 11.3. The molecule has 2 N–H and O–H groups in total. The monoisotopic (exact) mass is 269 g/mol. The van der Waals surface area contributed by atoms with Crippen molar-refractivity contribution in [2.24, 2.45) is 11.1 Å². The van der Waals surface area contributed by atoms with Gasteiger partial charge in [-0.2, -0.15) is 0 Å². The maximum absolute atomic E-state index is 11.3. The summed E-state index contributed by atoms with van der Waals surface area (Å²) in [5.41, 5.74) is 0.891. The third-order valence-electron chi connectivity index (χ3n) is 3.10. The molecule has 1 aliphatic rings. The van der Waals surface area contributed by atoms with Crippen molar-refractivity contribution in [1.29, 1.82) is 0 Å². The first-order valence-corrected chi connectivity index (χ1v) is 7.72. The van der Waals surface area contributed by atoms with E-state index in [9.17, 15) is 8.42 Å². The van der Waals surface area contributed by atoms with Crippen LogP contribution in [0.15, 0.2) is 23.1 Å². The molecule has 0 amide bonds. The standard InChI is InChI=1S/C13H19NO3S/c1-9(2)12-7-11(18(14,15)16)5-6-13(12)17-8-10-3-4-10/h5-7,9-10H,3-4,8H2,1-2H3,(H2,14,15,16). The zero-order valence-electron chi connectivity index (χ0n) is 10.7. The van der Waals surface area contributed by atoms with Crippen LogP contribution in [0.5, 0.6) is 5.75 Å². The zero-order valence-corrected chi connectivity index (χ0v) is 11.5. The van der Waals surface area contributed by atoms with Crippen molar-refractivity contribution < 1.29 is 13.2 Å². The lowest BCUT2D eigenvalue weighted by atomic mass is 10.0. The highest BCUT2D eigenvalue weighted by Crippen LogP contribution is 2.33. The third-order valence-corrected chi connectivity index (χ3v) is 4.01. The van der Waals surface area contributed by atoms with Gasteiger partial charge in [0.05, 0.1) is 11.5 Å². The second kappa shape index (κ2) is 4.90. The smallest absolute Gasteiger partial charge is 0.238 e. The lowest BCUT2D eigenvalue weighted by Gasteiger charge is -2.15. The lowest BCUT2D eigenvalue weighted by molar-refractivity contribution is 0.295. The quantitative estimate of drug-likeness (QED) is 0.891. The minimum atomic E-state index is -3.65. The van der Waals surface area contributed by atoms with Crippen LogP contribution in [0.2, 0.25) is 0 Å². The van der Waals surface area contributed by atoms with E-state index in [-0.39, 0.29) is 10.8 Å². The molecule has 0 bridgehead atoms. The molecule has 0 heterocycles. The van der Waals surface area contributed by atoms with Crippen LogP contribution in [-0.4, -0.2) is 15.0 Å². The second-order valence-corrected chi connectivity index (χ2v) is 6.72. The van der Waals surface area contributed by atoms with Gasteiger partial charge in [-0.1, -0.05) is 13.8 Å². The summed E-state index contributed by atoms with van der Waals surface area (Å²) < 4.78 is 28.4. The fraction of sp³-hybridized carbons (Fsp3) is 0.538. The Bertz CT molecular complexity index is 533. The summed E-state index contributed by atoms with van der Waals surface area (Å²) in [6, 6.07) is 4.82. The van der Waals surface area contributed by atoms with Crippen LogP contribution in [0.25, 0.3) is 0 Å². The Kier molecular flexibility index (Phi) is 3.64. The maximum Gasteiger partial charge on any atom is 0.238 e. The first kappa shape index (κ1) is 13.4. The van der Waals surface area contributed by atoms with Gasteiger partial charge in [-0.15, -0.1) is 0 Å². The molecule has 1 aromatic rings. The molecule has 5 heteroatoms. The Morgan fingerprint density at radius 2 is 2.06 bits per heavy atom. The molecular formula is C13H19NO3S. The topological polar surface area (TPSA) is 69.4 Å². The molecule has 0 atom stereocenters. The highest BCUT2D eigenvalue weighted by Gasteiger charge is 2.23. The van der Waals surface area contributed by atoms with Crippen LogP contribution in [0.3, 0.4) is 0 Å². The van der Waals surface area contributed by atoms with Crippen LogP contribution in [-0.2, 0) is 10.0 Å². The molecule has 0 spiro atoms. The molecular weight excluding hydrogens is 250 g/mol. The SMILES string of the molecule is CC(C)c1cc(S(N)(=O)=O)ccc1OCC1CC1. The largest absolute Gasteiger partial charge is 0.493 e. The summed E-state index contributed by atoms with van der Waals surface area (Å²) in [5, 5.41) is 5.14. The average Bonchev–Trinajstić information content (AvgIpc) is 3.08. The van der Waals surface area contributed by atoms with Crippen LogP contribution >= 0.6 is 0 Å². The van der Waals surface area contributed by atoms with Gasteiger partial charge in [-0.05, 0) is 48.4 Å². The minimum Gasteiger partial charge on any atom is -0.493 e. The van der Waals surface area contributed by atoms with Crippen LogP contribution in [0.4, 0.5) is 0 Å². The first-order valence-electron chi connectivity index (χ1n) is 6.17. The summed E-state index contributed by atoms with van der Waals surface area (Å²) >= 11 is 0. The number of benzene rings is 1. The number of nitrogens with two attached hydrogens (primary N) is 1. The molecule has 1 saturated carbocycles. The molecule has 100 valence electrons. The van der Waals surface area contributed by atoms with Crippen LogP contribution in [0, 0.1) is 5.92 Å². The van der Waals surface area contributed by atoms with Gasteiger partial charge >= 0.3 is 0 Å². The van der Waals surface area contributed by atoms with E-state index in [1.54, 1.807) is 12.1 Å². The summed E-state index contributed by atoms with van der Waals surface area (Å²) in [5.74, 6) is 1.63. The number of primary sulfonamides is 1. The number of hydrogen-bond acceptors (Lipinski definition) is 3. The van der Waals surface area contributed by atoms with Crippen LogP contribution < -0.4 is 9.88 Å². The molecule has 0 radical (unpaired) electrons. The Morgan fingerprint density at radius 1 is 1.39 bits per heavy atom. The second-order valence-electron chi connectivity index (χ2n) is 5.15. The molecule has 18 heavy (non-hydrogen) atoms. The predicted octanol–water partition coefficient (Wildman–Crippen LogP) is 2.25. The van der Waals surface area contributed by atoms with Crippen molar-refractivity contribution in [3.05, 3.63) is 23.8 Å². The summed E-state index contributed by atoms with van der Waals surface area (Å²) in [6.07, 6.45) is 2.46. The van der Waals surface area contributed by atoms with E-state index in [4.69, 9.17) is 9.88 Å². The Balaban J connectivity index is 2.28. The number of sulfonamides is 1. The van der Waals surface area contributed by atoms with Gasteiger partial charge in [-0.25, -0.2) is 13.6 Å². The fourth-order valence-corrected chi connectivity index (χ4v) is 2.33. The number of ether oxygens (including phenoxy) is 1. The van der Waals surface area contributed by atoms with E-state index in [0.29, 0.717) is 12.5 Å². The van der Waals surface area contributed by atoms with Crippen molar-refractivity contribution in [3.8, 4) is 5.75 Å².